The number of carboxylic acid groups (broad SMARTS) is 1. The smallest absolute Gasteiger partial charge is 0.322 e. The fourth-order valence-electron chi connectivity index (χ4n) is 2.47. The van der Waals surface area contributed by atoms with E-state index in [2.05, 4.69) is 4.72 Å². The van der Waals surface area contributed by atoms with Crippen LogP contribution < -0.4 is 4.72 Å². The lowest BCUT2D eigenvalue weighted by molar-refractivity contribution is -0.142. The van der Waals surface area contributed by atoms with Gasteiger partial charge in [-0.05, 0) is 45.2 Å². The number of hydrogen-bond acceptors (Lipinski definition) is 4. The molecule has 0 saturated carbocycles. The molecule has 0 aromatic carbocycles. The second kappa shape index (κ2) is 6.43. The van der Waals surface area contributed by atoms with Crippen LogP contribution in [0.2, 0.25) is 0 Å². The van der Waals surface area contributed by atoms with Gasteiger partial charge < -0.3 is 5.11 Å². The van der Waals surface area contributed by atoms with Gasteiger partial charge in [0.25, 0.3) is 10.2 Å². The van der Waals surface area contributed by atoms with Crippen molar-refractivity contribution in [2.24, 2.45) is 0 Å². The summed E-state index contributed by atoms with van der Waals surface area (Å²) in [5.41, 5.74) is 0. The average molecular weight is 332 g/mol. The highest BCUT2D eigenvalue weighted by Gasteiger charge is 2.37. The van der Waals surface area contributed by atoms with Gasteiger partial charge in [-0.15, -0.1) is 11.3 Å². The molecular formula is C13H20N2O4S2. The lowest BCUT2D eigenvalue weighted by atomic mass is 10.1. The fraction of sp³-hybridized carbons (Fsp3) is 0.615. The van der Waals surface area contributed by atoms with Gasteiger partial charge in [0.2, 0.25) is 0 Å². The number of piperidine rings is 1. The van der Waals surface area contributed by atoms with Crippen LogP contribution in [0.5, 0.6) is 0 Å². The Morgan fingerprint density at radius 3 is 2.76 bits per heavy atom. The Hall–Kier alpha value is -0.960. The molecule has 2 atom stereocenters. The summed E-state index contributed by atoms with van der Waals surface area (Å²) in [7, 11) is -3.81. The van der Waals surface area contributed by atoms with E-state index in [1.54, 1.807) is 6.92 Å². The first-order valence-corrected chi connectivity index (χ1v) is 9.15. The van der Waals surface area contributed by atoms with Gasteiger partial charge in [0.1, 0.15) is 6.04 Å². The third-order valence-corrected chi connectivity index (χ3v) is 6.45. The molecule has 2 rings (SSSR count). The molecule has 0 bridgehead atoms. The summed E-state index contributed by atoms with van der Waals surface area (Å²) < 4.78 is 28.6. The van der Waals surface area contributed by atoms with Gasteiger partial charge in [0.05, 0.1) is 6.04 Å². The van der Waals surface area contributed by atoms with E-state index < -0.39 is 22.2 Å². The highest BCUT2D eigenvalue weighted by Crippen LogP contribution is 2.25. The van der Waals surface area contributed by atoms with Crippen LogP contribution in [0, 0.1) is 6.92 Å². The number of thiophene rings is 1. The summed E-state index contributed by atoms with van der Waals surface area (Å²) >= 11 is 1.53. The van der Waals surface area contributed by atoms with Crippen LogP contribution >= 0.6 is 11.3 Å². The van der Waals surface area contributed by atoms with Crippen LogP contribution in [0.4, 0.5) is 0 Å². The molecule has 0 radical (unpaired) electrons. The van der Waals surface area contributed by atoms with Gasteiger partial charge in [-0.3, -0.25) is 4.79 Å². The number of aliphatic carboxylic acids is 1. The lowest BCUT2D eigenvalue weighted by Gasteiger charge is -2.32. The molecule has 21 heavy (non-hydrogen) atoms. The third-order valence-electron chi connectivity index (χ3n) is 3.56. The van der Waals surface area contributed by atoms with E-state index in [1.165, 1.54) is 11.3 Å². The van der Waals surface area contributed by atoms with Gasteiger partial charge in [0.15, 0.2) is 0 Å². The zero-order chi connectivity index (χ0) is 15.6. The normalized spacial score (nSPS) is 22.1. The van der Waals surface area contributed by atoms with Crippen LogP contribution in [0.25, 0.3) is 0 Å². The molecule has 1 aromatic heterocycles. The number of carboxylic acids is 1. The van der Waals surface area contributed by atoms with Gasteiger partial charge in [-0.1, -0.05) is 0 Å². The Kier molecular flexibility index (Phi) is 5.03. The topological polar surface area (TPSA) is 86.7 Å². The molecule has 2 heterocycles. The maximum absolute atomic E-state index is 12.4. The molecule has 1 fully saturated rings. The number of rotatable bonds is 5. The Bertz CT molecular complexity index is 611. The maximum atomic E-state index is 12.4. The molecular weight excluding hydrogens is 312 g/mol. The molecule has 6 nitrogen and oxygen atoms in total. The monoisotopic (exact) mass is 332 g/mol. The predicted octanol–water partition coefficient (Wildman–Crippen LogP) is 1.89. The predicted molar refractivity (Wildman–Crippen MR) is 81.5 cm³/mol. The largest absolute Gasteiger partial charge is 0.480 e. The molecule has 1 aliphatic heterocycles. The molecule has 2 unspecified atom stereocenters. The van der Waals surface area contributed by atoms with Crippen molar-refractivity contribution in [2.75, 3.05) is 6.54 Å². The lowest BCUT2D eigenvalue weighted by Crippen LogP contribution is -2.52. The second-order valence-electron chi connectivity index (χ2n) is 5.25. The maximum Gasteiger partial charge on any atom is 0.322 e. The standard InChI is InChI=1S/C13H20N2O4S2/c1-9-6-7-12(20-9)10(2)14-21(18,19)15-8-4-3-5-11(15)13(16)17/h6-7,10-11,14H,3-5,8H2,1-2H3,(H,16,17). The Morgan fingerprint density at radius 1 is 1.48 bits per heavy atom. The van der Waals surface area contributed by atoms with E-state index in [4.69, 9.17) is 0 Å². The van der Waals surface area contributed by atoms with E-state index in [9.17, 15) is 18.3 Å². The van der Waals surface area contributed by atoms with Crippen molar-refractivity contribution in [3.05, 3.63) is 21.9 Å². The van der Waals surface area contributed by atoms with Crippen LogP contribution in [0.3, 0.4) is 0 Å². The van der Waals surface area contributed by atoms with Crippen LogP contribution in [0.15, 0.2) is 12.1 Å². The van der Waals surface area contributed by atoms with E-state index in [0.29, 0.717) is 12.8 Å². The van der Waals surface area contributed by atoms with E-state index in [-0.39, 0.29) is 12.6 Å². The van der Waals surface area contributed by atoms with Crippen molar-refractivity contribution in [1.82, 2.24) is 9.03 Å². The molecule has 2 N–H and O–H groups in total. The summed E-state index contributed by atoms with van der Waals surface area (Å²) in [6.07, 6.45) is 1.79. The number of nitrogens with zero attached hydrogens (tertiary/aromatic N) is 1. The number of carbonyl (C=O) groups is 1. The van der Waals surface area contributed by atoms with Crippen LogP contribution in [-0.4, -0.2) is 36.4 Å². The minimum absolute atomic E-state index is 0.252. The molecule has 0 amide bonds. The van der Waals surface area contributed by atoms with Gasteiger partial charge >= 0.3 is 5.97 Å². The molecule has 118 valence electrons. The van der Waals surface area contributed by atoms with Crippen molar-refractivity contribution < 1.29 is 18.3 Å². The van der Waals surface area contributed by atoms with Crippen molar-refractivity contribution in [3.63, 3.8) is 0 Å². The van der Waals surface area contributed by atoms with Gasteiger partial charge in [-0.2, -0.15) is 17.4 Å². The van der Waals surface area contributed by atoms with Crippen molar-refractivity contribution >= 4 is 27.5 Å². The first kappa shape index (κ1) is 16.4. The summed E-state index contributed by atoms with van der Waals surface area (Å²) in [5, 5.41) is 9.19. The Morgan fingerprint density at radius 2 is 2.19 bits per heavy atom. The Balaban J connectivity index is 2.14. The van der Waals surface area contributed by atoms with E-state index in [1.807, 2.05) is 19.1 Å². The molecule has 0 aliphatic carbocycles. The summed E-state index contributed by atoms with van der Waals surface area (Å²) in [4.78, 5) is 13.3. The zero-order valence-electron chi connectivity index (χ0n) is 12.1. The summed E-state index contributed by atoms with van der Waals surface area (Å²) in [5.74, 6) is -1.08. The van der Waals surface area contributed by atoms with Crippen LogP contribution in [0.1, 0.15) is 42.0 Å². The molecule has 0 spiro atoms. The average Bonchev–Trinajstić information content (AvgIpc) is 2.85. The molecule has 8 heteroatoms. The van der Waals surface area contributed by atoms with Crippen molar-refractivity contribution in [3.8, 4) is 0 Å². The second-order valence-corrected chi connectivity index (χ2v) is 8.23. The van der Waals surface area contributed by atoms with Gasteiger partial charge in [0, 0.05) is 16.3 Å². The fourth-order valence-corrected chi connectivity index (χ4v) is 5.04. The first-order valence-electron chi connectivity index (χ1n) is 6.89. The number of hydrogen-bond donors (Lipinski definition) is 2. The number of nitrogens with one attached hydrogen (secondary N) is 1. The van der Waals surface area contributed by atoms with Gasteiger partial charge in [-0.25, -0.2) is 0 Å². The first-order chi connectivity index (χ1) is 9.81. The van der Waals surface area contributed by atoms with E-state index >= 15 is 0 Å². The SMILES string of the molecule is Cc1ccc(C(C)NS(=O)(=O)N2CCCCC2C(=O)O)s1. The van der Waals surface area contributed by atoms with E-state index in [0.717, 1.165) is 20.5 Å². The highest BCUT2D eigenvalue weighted by atomic mass is 32.2. The highest BCUT2D eigenvalue weighted by molar-refractivity contribution is 7.87. The summed E-state index contributed by atoms with van der Waals surface area (Å²) in [6.45, 7) is 3.98. The van der Waals surface area contributed by atoms with Crippen LogP contribution in [-0.2, 0) is 15.0 Å². The Labute approximate surface area is 129 Å². The van der Waals surface area contributed by atoms with Crippen molar-refractivity contribution in [2.45, 2.75) is 45.2 Å². The quantitative estimate of drug-likeness (QED) is 0.862. The molecule has 1 aliphatic rings. The summed E-state index contributed by atoms with van der Waals surface area (Å²) in [6, 6.07) is 2.49. The zero-order valence-corrected chi connectivity index (χ0v) is 13.7. The minimum Gasteiger partial charge on any atom is -0.480 e. The number of aryl methyl sites for hydroxylation is 1. The van der Waals surface area contributed by atoms with Crippen molar-refractivity contribution in [1.29, 1.82) is 0 Å². The molecule has 1 aromatic rings. The minimum atomic E-state index is -3.81. The third kappa shape index (κ3) is 3.82. The molecule has 1 saturated heterocycles.